The number of nitrogens with one attached hydrogen (secondary N) is 2. The fraction of sp³-hybridized carbons (Fsp3) is 0.182. The van der Waals surface area contributed by atoms with Crippen LogP contribution in [0.1, 0.15) is 0 Å². The molecule has 33 heavy (non-hydrogen) atoms. The van der Waals surface area contributed by atoms with Gasteiger partial charge in [0.05, 0.1) is 35.5 Å². The second kappa shape index (κ2) is 7.35. The number of rotatable bonds is 3. The molecule has 0 bridgehead atoms. The van der Waals surface area contributed by atoms with Crippen LogP contribution in [0.2, 0.25) is 0 Å². The number of ether oxygens (including phenoxy) is 2. The molecule has 11 nitrogen and oxygen atoms in total. The number of benzene rings is 2. The minimum atomic E-state index is -0.630. The van der Waals surface area contributed by atoms with Gasteiger partial charge < -0.3 is 31.2 Å². The van der Waals surface area contributed by atoms with Crippen molar-refractivity contribution in [1.29, 1.82) is 0 Å². The predicted octanol–water partition coefficient (Wildman–Crippen LogP) is 2.14. The average molecular weight is 444 g/mol. The fourth-order valence-corrected chi connectivity index (χ4v) is 4.20. The van der Waals surface area contributed by atoms with E-state index in [1.54, 1.807) is 11.0 Å². The van der Waals surface area contributed by atoms with Gasteiger partial charge in [-0.3, -0.25) is 9.89 Å². The molecule has 2 aliphatic heterocycles. The molecule has 11 heteroatoms. The van der Waals surface area contributed by atoms with Crippen molar-refractivity contribution in [2.75, 3.05) is 35.7 Å². The van der Waals surface area contributed by atoms with Gasteiger partial charge in [-0.05, 0) is 24.3 Å². The van der Waals surface area contributed by atoms with Gasteiger partial charge in [-0.2, -0.15) is 10.1 Å². The van der Waals surface area contributed by atoms with E-state index in [0.717, 1.165) is 22.2 Å². The standard InChI is InChI=1S/C22H20N8O3/c23-20(31)15-10-32-6-5-30(15)18-9-13(26-22(24)27-18)11-7-14-19-17(8-11)33-16-4-2-1-3-12(16)25-21(19)29-28-14/h1-4,7-9,15H,5-6,10H2,(H2,23,31)(H2,24,26,27)(H2,25,28,29). The largest absolute Gasteiger partial charge is 0.454 e. The number of carbonyl (C=O) groups is 1. The number of hydrogen-bond acceptors (Lipinski definition) is 9. The van der Waals surface area contributed by atoms with Crippen molar-refractivity contribution >= 4 is 40.1 Å². The number of aromatic amines is 1. The zero-order valence-electron chi connectivity index (χ0n) is 17.4. The monoisotopic (exact) mass is 444 g/mol. The van der Waals surface area contributed by atoms with Gasteiger partial charge in [-0.25, -0.2) is 4.98 Å². The second-order valence-electron chi connectivity index (χ2n) is 7.85. The van der Waals surface area contributed by atoms with Gasteiger partial charge in [-0.15, -0.1) is 0 Å². The molecule has 2 aromatic carbocycles. The highest BCUT2D eigenvalue weighted by Crippen LogP contribution is 2.44. The van der Waals surface area contributed by atoms with Gasteiger partial charge >= 0.3 is 0 Å². The number of para-hydroxylation sites is 2. The quantitative estimate of drug-likeness (QED) is 0.327. The van der Waals surface area contributed by atoms with Crippen LogP contribution < -0.4 is 26.4 Å². The van der Waals surface area contributed by atoms with E-state index in [4.69, 9.17) is 20.9 Å². The lowest BCUT2D eigenvalue weighted by molar-refractivity contribution is -0.121. The Morgan fingerprint density at radius 3 is 2.91 bits per heavy atom. The Morgan fingerprint density at radius 1 is 1.15 bits per heavy atom. The maximum Gasteiger partial charge on any atom is 0.242 e. The summed E-state index contributed by atoms with van der Waals surface area (Å²) in [5.74, 6) is 2.10. The van der Waals surface area contributed by atoms with Crippen molar-refractivity contribution in [3.63, 3.8) is 0 Å². The SMILES string of the molecule is NC(=O)C1COCCN1c1cc(-c2cc3c4c(n[nH]c4c2)Nc2ccccc2O3)nc(N)n1. The lowest BCUT2D eigenvalue weighted by Crippen LogP contribution is -2.53. The summed E-state index contributed by atoms with van der Waals surface area (Å²) in [6.45, 7) is 1.11. The normalized spacial score (nSPS) is 17.1. The first kappa shape index (κ1) is 19.3. The molecule has 0 saturated carbocycles. The highest BCUT2D eigenvalue weighted by Gasteiger charge is 2.29. The Kier molecular flexibility index (Phi) is 4.30. The van der Waals surface area contributed by atoms with Crippen LogP contribution in [0.25, 0.3) is 22.2 Å². The molecule has 0 radical (unpaired) electrons. The summed E-state index contributed by atoms with van der Waals surface area (Å²) >= 11 is 0. The van der Waals surface area contributed by atoms with Gasteiger partial charge in [0.15, 0.2) is 11.6 Å². The first-order valence-electron chi connectivity index (χ1n) is 10.4. The highest BCUT2D eigenvalue weighted by atomic mass is 16.5. The van der Waals surface area contributed by atoms with Crippen molar-refractivity contribution < 1.29 is 14.3 Å². The Hall–Kier alpha value is -4.38. The van der Waals surface area contributed by atoms with E-state index in [2.05, 4.69) is 25.5 Å². The summed E-state index contributed by atoms with van der Waals surface area (Å²) in [6.07, 6.45) is 0. The maximum atomic E-state index is 11.9. The lowest BCUT2D eigenvalue weighted by Gasteiger charge is -2.34. The van der Waals surface area contributed by atoms with Crippen LogP contribution in [-0.4, -0.2) is 51.9 Å². The molecule has 6 N–H and O–H groups in total. The van der Waals surface area contributed by atoms with Gasteiger partial charge in [0.25, 0.3) is 0 Å². The number of fused-ring (bicyclic) bond motifs is 1. The van der Waals surface area contributed by atoms with Gasteiger partial charge in [0.1, 0.15) is 17.6 Å². The molecule has 1 fully saturated rings. The summed E-state index contributed by atoms with van der Waals surface area (Å²) in [7, 11) is 0. The van der Waals surface area contributed by atoms with Crippen LogP contribution in [-0.2, 0) is 9.53 Å². The van der Waals surface area contributed by atoms with Crippen LogP contribution >= 0.6 is 0 Å². The van der Waals surface area contributed by atoms with E-state index in [1.165, 1.54) is 0 Å². The summed E-state index contributed by atoms with van der Waals surface area (Å²) in [4.78, 5) is 22.5. The number of aromatic nitrogens is 4. The van der Waals surface area contributed by atoms with E-state index < -0.39 is 11.9 Å². The number of hydrogen-bond donors (Lipinski definition) is 4. The molecular weight excluding hydrogens is 424 g/mol. The average Bonchev–Trinajstić information content (AvgIpc) is 3.14. The number of H-pyrrole nitrogens is 1. The van der Waals surface area contributed by atoms with E-state index in [1.807, 2.05) is 36.4 Å². The molecule has 1 saturated heterocycles. The van der Waals surface area contributed by atoms with E-state index in [0.29, 0.717) is 42.0 Å². The fourth-order valence-electron chi connectivity index (χ4n) is 4.20. The van der Waals surface area contributed by atoms with Crippen LogP contribution in [0.15, 0.2) is 42.5 Å². The molecule has 6 rings (SSSR count). The Bertz CT molecular complexity index is 1400. The zero-order valence-corrected chi connectivity index (χ0v) is 17.4. The number of morpholine rings is 1. The number of nitrogen functional groups attached to an aromatic ring is 1. The Labute approximate surface area is 187 Å². The maximum absolute atomic E-state index is 11.9. The molecule has 0 aliphatic carbocycles. The number of nitrogens with zero attached hydrogens (tertiary/aromatic N) is 4. The molecule has 4 heterocycles. The molecule has 0 spiro atoms. The third kappa shape index (κ3) is 3.26. The minimum absolute atomic E-state index is 0.0846. The van der Waals surface area contributed by atoms with E-state index in [9.17, 15) is 4.79 Å². The smallest absolute Gasteiger partial charge is 0.242 e. The molecule has 2 aliphatic rings. The van der Waals surface area contributed by atoms with Crippen LogP contribution in [0.5, 0.6) is 11.5 Å². The van der Waals surface area contributed by atoms with Crippen molar-refractivity contribution in [1.82, 2.24) is 20.2 Å². The van der Waals surface area contributed by atoms with Crippen molar-refractivity contribution in [2.24, 2.45) is 5.73 Å². The molecule has 1 unspecified atom stereocenters. The molecule has 166 valence electrons. The number of anilines is 4. The van der Waals surface area contributed by atoms with Crippen molar-refractivity contribution in [3.8, 4) is 22.8 Å². The third-order valence-electron chi connectivity index (χ3n) is 5.76. The minimum Gasteiger partial charge on any atom is -0.454 e. The first-order chi connectivity index (χ1) is 16.1. The summed E-state index contributed by atoms with van der Waals surface area (Å²) in [5.41, 5.74) is 14.6. The lowest BCUT2D eigenvalue weighted by atomic mass is 10.1. The first-order valence-corrected chi connectivity index (χ1v) is 10.4. The summed E-state index contributed by atoms with van der Waals surface area (Å²) < 4.78 is 11.7. The Balaban J connectivity index is 1.46. The number of primary amides is 1. The van der Waals surface area contributed by atoms with Gasteiger partial charge in [-0.1, -0.05) is 12.1 Å². The summed E-state index contributed by atoms with van der Waals surface area (Å²) in [6, 6.07) is 12.6. The van der Waals surface area contributed by atoms with Crippen molar-refractivity contribution in [2.45, 2.75) is 6.04 Å². The van der Waals surface area contributed by atoms with Gasteiger partial charge in [0.2, 0.25) is 11.9 Å². The topological polar surface area (TPSA) is 157 Å². The van der Waals surface area contributed by atoms with E-state index >= 15 is 0 Å². The summed E-state index contributed by atoms with van der Waals surface area (Å²) in [5, 5.41) is 11.6. The zero-order chi connectivity index (χ0) is 22.5. The van der Waals surface area contributed by atoms with Crippen LogP contribution in [0, 0.1) is 0 Å². The number of amides is 1. The van der Waals surface area contributed by atoms with Crippen molar-refractivity contribution in [3.05, 3.63) is 42.5 Å². The number of nitrogens with two attached hydrogens (primary N) is 2. The van der Waals surface area contributed by atoms with Gasteiger partial charge in [0, 0.05) is 18.2 Å². The van der Waals surface area contributed by atoms with Crippen LogP contribution in [0.4, 0.5) is 23.3 Å². The van der Waals surface area contributed by atoms with E-state index in [-0.39, 0.29) is 12.6 Å². The van der Waals surface area contributed by atoms with Crippen LogP contribution in [0.3, 0.4) is 0 Å². The predicted molar refractivity (Wildman–Crippen MR) is 122 cm³/mol. The second-order valence-corrected chi connectivity index (χ2v) is 7.85. The molecule has 4 aromatic rings. The third-order valence-corrected chi connectivity index (χ3v) is 5.76. The Morgan fingerprint density at radius 2 is 2.03 bits per heavy atom. The molecule has 1 atom stereocenters. The molecule has 2 aromatic heterocycles. The molecular formula is C22H20N8O3. The highest BCUT2D eigenvalue weighted by molar-refractivity contribution is 6.00. The number of carbonyl (C=O) groups excluding carboxylic acids is 1. The molecule has 1 amide bonds.